The lowest BCUT2D eigenvalue weighted by Gasteiger charge is -2.22. The molecule has 2 aliphatic carbocycles. The molecule has 0 aliphatic heterocycles. The van der Waals surface area contributed by atoms with Crippen molar-refractivity contribution >= 4 is 17.7 Å². The van der Waals surface area contributed by atoms with E-state index in [1.54, 1.807) is 18.2 Å². The Morgan fingerprint density at radius 3 is 2.86 bits per heavy atom. The highest BCUT2D eigenvalue weighted by Crippen LogP contribution is 2.44. The van der Waals surface area contributed by atoms with E-state index in [1.165, 1.54) is 37.5 Å². The fraction of sp³-hybridized carbons (Fsp3) is 0.438. The minimum Gasteiger partial charge on any atom is -0.350 e. The lowest BCUT2D eigenvalue weighted by Crippen LogP contribution is -2.37. The van der Waals surface area contributed by atoms with Gasteiger partial charge in [-0.3, -0.25) is 14.9 Å². The van der Waals surface area contributed by atoms with Crippen LogP contribution >= 0.6 is 0 Å². The number of carbonyl (C=O) groups excluding carboxylic acids is 1. The molecule has 0 spiro atoms. The highest BCUT2D eigenvalue weighted by atomic mass is 16.6. The number of hydrogen-bond acceptors (Lipinski definition) is 3. The van der Waals surface area contributed by atoms with Gasteiger partial charge >= 0.3 is 0 Å². The number of fused-ring (bicyclic) bond motifs is 2. The van der Waals surface area contributed by atoms with E-state index in [-0.39, 0.29) is 11.6 Å². The maximum absolute atomic E-state index is 11.9. The topological polar surface area (TPSA) is 72.2 Å². The molecule has 3 atom stereocenters. The third kappa shape index (κ3) is 3.12. The summed E-state index contributed by atoms with van der Waals surface area (Å²) in [5.41, 5.74) is 0.693. The van der Waals surface area contributed by atoms with Crippen molar-refractivity contribution in [3.63, 3.8) is 0 Å². The zero-order chi connectivity index (χ0) is 14.8. The number of nitro benzene ring substituents is 1. The Balaban J connectivity index is 1.59. The summed E-state index contributed by atoms with van der Waals surface area (Å²) >= 11 is 0. The van der Waals surface area contributed by atoms with Crippen LogP contribution in [0.2, 0.25) is 0 Å². The second kappa shape index (κ2) is 5.68. The van der Waals surface area contributed by atoms with E-state index in [0.29, 0.717) is 17.5 Å². The van der Waals surface area contributed by atoms with Crippen molar-refractivity contribution in [2.75, 3.05) is 0 Å². The number of nitrogens with one attached hydrogen (secondary N) is 1. The first-order chi connectivity index (χ1) is 10.1. The molecule has 5 heteroatoms. The number of rotatable bonds is 4. The number of amides is 1. The summed E-state index contributed by atoms with van der Waals surface area (Å²) in [6, 6.07) is 6.57. The number of benzene rings is 1. The molecule has 0 aromatic heterocycles. The third-order valence-electron chi connectivity index (χ3n) is 4.57. The molecule has 1 N–H and O–H groups in total. The average Bonchev–Trinajstić information content (AvgIpc) is 3.08. The Morgan fingerprint density at radius 2 is 2.19 bits per heavy atom. The normalized spacial score (nSPS) is 27.1. The van der Waals surface area contributed by atoms with Crippen LogP contribution in [0.4, 0.5) is 5.69 Å². The lowest BCUT2D eigenvalue weighted by atomic mass is 9.95. The molecule has 110 valence electrons. The summed E-state index contributed by atoms with van der Waals surface area (Å²) in [7, 11) is 0. The Kier molecular flexibility index (Phi) is 3.73. The average molecular weight is 286 g/mol. The quantitative estimate of drug-likeness (QED) is 0.525. The first-order valence-electron chi connectivity index (χ1n) is 7.35. The van der Waals surface area contributed by atoms with Gasteiger partial charge in [0.1, 0.15) is 0 Å². The molecule has 0 saturated heterocycles. The van der Waals surface area contributed by atoms with Gasteiger partial charge in [0, 0.05) is 24.3 Å². The molecule has 1 aromatic rings. The van der Waals surface area contributed by atoms with Crippen molar-refractivity contribution in [3.05, 3.63) is 46.0 Å². The molecule has 2 fully saturated rings. The molecule has 21 heavy (non-hydrogen) atoms. The molecule has 3 rings (SSSR count). The maximum Gasteiger partial charge on any atom is 0.270 e. The van der Waals surface area contributed by atoms with Crippen molar-refractivity contribution in [2.45, 2.75) is 31.7 Å². The maximum atomic E-state index is 11.9. The van der Waals surface area contributed by atoms with E-state index in [4.69, 9.17) is 0 Å². The highest BCUT2D eigenvalue weighted by molar-refractivity contribution is 5.92. The summed E-state index contributed by atoms with van der Waals surface area (Å²) in [5, 5.41) is 13.8. The number of carbonyl (C=O) groups is 1. The molecular weight excluding hydrogens is 268 g/mol. The number of non-ortho nitro benzene ring substituents is 1. The molecule has 1 amide bonds. The highest BCUT2D eigenvalue weighted by Gasteiger charge is 2.39. The van der Waals surface area contributed by atoms with Crippen LogP contribution < -0.4 is 5.32 Å². The lowest BCUT2D eigenvalue weighted by molar-refractivity contribution is -0.384. The molecule has 0 radical (unpaired) electrons. The fourth-order valence-corrected chi connectivity index (χ4v) is 3.57. The van der Waals surface area contributed by atoms with Gasteiger partial charge in [-0.15, -0.1) is 0 Å². The monoisotopic (exact) mass is 286 g/mol. The summed E-state index contributed by atoms with van der Waals surface area (Å²) in [6.45, 7) is 0. The van der Waals surface area contributed by atoms with Gasteiger partial charge in [0.2, 0.25) is 5.91 Å². The number of nitro groups is 1. The molecule has 0 unspecified atom stereocenters. The van der Waals surface area contributed by atoms with E-state index >= 15 is 0 Å². The van der Waals surface area contributed by atoms with E-state index in [1.807, 2.05) is 0 Å². The predicted molar refractivity (Wildman–Crippen MR) is 79.5 cm³/mol. The zero-order valence-electron chi connectivity index (χ0n) is 11.7. The Labute approximate surface area is 123 Å². The van der Waals surface area contributed by atoms with Crippen LogP contribution in [-0.2, 0) is 4.79 Å². The van der Waals surface area contributed by atoms with Gasteiger partial charge in [-0.2, -0.15) is 0 Å². The third-order valence-corrected chi connectivity index (χ3v) is 4.57. The summed E-state index contributed by atoms with van der Waals surface area (Å²) in [5.74, 6) is 1.32. The van der Waals surface area contributed by atoms with Gasteiger partial charge in [0.15, 0.2) is 0 Å². The molecule has 1 aromatic carbocycles. The summed E-state index contributed by atoms with van der Waals surface area (Å²) in [6.07, 6.45) is 7.96. The minimum absolute atomic E-state index is 0.0330. The largest absolute Gasteiger partial charge is 0.350 e. The van der Waals surface area contributed by atoms with Gasteiger partial charge in [0.25, 0.3) is 5.69 Å². The Bertz CT molecular complexity index is 597. The molecule has 2 aliphatic rings. The van der Waals surface area contributed by atoms with Crippen LogP contribution in [0.15, 0.2) is 30.3 Å². The smallest absolute Gasteiger partial charge is 0.270 e. The van der Waals surface area contributed by atoms with Crippen molar-refractivity contribution < 1.29 is 9.72 Å². The molecule has 5 nitrogen and oxygen atoms in total. The number of nitrogens with zero attached hydrogens (tertiary/aromatic N) is 1. The van der Waals surface area contributed by atoms with Gasteiger partial charge in [-0.25, -0.2) is 0 Å². The van der Waals surface area contributed by atoms with E-state index in [0.717, 1.165) is 12.3 Å². The van der Waals surface area contributed by atoms with Crippen LogP contribution in [0.25, 0.3) is 6.08 Å². The molecular formula is C16H18N2O3. The minimum atomic E-state index is -0.438. The summed E-state index contributed by atoms with van der Waals surface area (Å²) in [4.78, 5) is 22.2. The van der Waals surface area contributed by atoms with E-state index in [2.05, 4.69) is 5.32 Å². The van der Waals surface area contributed by atoms with Crippen LogP contribution in [0.3, 0.4) is 0 Å². The van der Waals surface area contributed by atoms with Crippen molar-refractivity contribution in [2.24, 2.45) is 11.8 Å². The first-order valence-corrected chi connectivity index (χ1v) is 7.35. The summed E-state index contributed by atoms with van der Waals surface area (Å²) < 4.78 is 0. The van der Waals surface area contributed by atoms with Crippen molar-refractivity contribution in [3.8, 4) is 0 Å². The Hall–Kier alpha value is -2.17. The van der Waals surface area contributed by atoms with Crippen LogP contribution in [0, 0.1) is 22.0 Å². The van der Waals surface area contributed by atoms with E-state index in [9.17, 15) is 14.9 Å². The SMILES string of the molecule is O=C(/C=C/c1cccc([N+](=O)[O-])c1)N[C@H]1C[C@@H]2CC[C@@H]1C2. The van der Waals surface area contributed by atoms with Gasteiger partial charge in [-0.05, 0) is 42.7 Å². The van der Waals surface area contributed by atoms with Crippen molar-refractivity contribution in [1.29, 1.82) is 0 Å². The Morgan fingerprint density at radius 1 is 1.33 bits per heavy atom. The van der Waals surface area contributed by atoms with Crippen LogP contribution in [0.5, 0.6) is 0 Å². The van der Waals surface area contributed by atoms with Gasteiger partial charge < -0.3 is 5.32 Å². The van der Waals surface area contributed by atoms with E-state index < -0.39 is 4.92 Å². The predicted octanol–water partition coefficient (Wildman–Crippen LogP) is 2.91. The van der Waals surface area contributed by atoms with Crippen molar-refractivity contribution in [1.82, 2.24) is 5.32 Å². The molecule has 0 heterocycles. The second-order valence-corrected chi connectivity index (χ2v) is 5.98. The first kappa shape index (κ1) is 13.8. The van der Waals surface area contributed by atoms with Gasteiger partial charge in [-0.1, -0.05) is 18.6 Å². The fourth-order valence-electron chi connectivity index (χ4n) is 3.57. The van der Waals surface area contributed by atoms with Crippen LogP contribution in [0.1, 0.15) is 31.2 Å². The standard InChI is InChI=1S/C16H18N2O3/c19-16(17-15-10-12-4-6-13(15)8-12)7-5-11-2-1-3-14(9-11)18(20)21/h1-3,5,7,9,12-13,15H,4,6,8,10H2,(H,17,19)/b7-5+/t12-,13-,15+/m1/s1. The molecule has 2 saturated carbocycles. The number of hydrogen-bond donors (Lipinski definition) is 1. The second-order valence-electron chi connectivity index (χ2n) is 5.98. The van der Waals surface area contributed by atoms with Crippen LogP contribution in [-0.4, -0.2) is 16.9 Å². The molecule has 2 bridgehead atoms. The zero-order valence-corrected chi connectivity index (χ0v) is 11.7. The van der Waals surface area contributed by atoms with Gasteiger partial charge in [0.05, 0.1) is 4.92 Å².